The maximum atomic E-state index is 13.3. The number of carbonyl (C=O) groups excluding carboxylic acids is 2. The number of esters is 1. The zero-order chi connectivity index (χ0) is 19.1. The molecule has 0 radical (unpaired) electrons. The third kappa shape index (κ3) is 3.01. The first kappa shape index (κ1) is 17.5. The van der Waals surface area contributed by atoms with Gasteiger partial charge in [-0.05, 0) is 31.2 Å². The summed E-state index contributed by atoms with van der Waals surface area (Å²) in [6.45, 7) is 1.06. The van der Waals surface area contributed by atoms with Crippen molar-refractivity contribution in [2.45, 2.75) is 57.1 Å². The van der Waals surface area contributed by atoms with E-state index in [0.29, 0.717) is 31.8 Å². The molecular formula is C22H24N2O4. The molecule has 146 valence electrons. The molecule has 0 N–H and O–H groups in total. The summed E-state index contributed by atoms with van der Waals surface area (Å²) in [5, 5.41) is 0. The van der Waals surface area contributed by atoms with Gasteiger partial charge in [0.1, 0.15) is 17.1 Å². The average Bonchev–Trinajstić information content (AvgIpc) is 3.40. The van der Waals surface area contributed by atoms with Gasteiger partial charge in [-0.25, -0.2) is 4.98 Å². The van der Waals surface area contributed by atoms with Crippen molar-refractivity contribution >= 4 is 11.9 Å². The zero-order valence-electron chi connectivity index (χ0n) is 15.9. The van der Waals surface area contributed by atoms with E-state index in [4.69, 9.17) is 9.15 Å². The van der Waals surface area contributed by atoms with Gasteiger partial charge in [0.15, 0.2) is 5.89 Å². The Bertz CT molecular complexity index is 899. The van der Waals surface area contributed by atoms with E-state index in [9.17, 15) is 9.59 Å². The smallest absolute Gasteiger partial charge is 0.307 e. The number of hydrogen-bond acceptors (Lipinski definition) is 5. The van der Waals surface area contributed by atoms with E-state index in [1.54, 1.807) is 0 Å². The van der Waals surface area contributed by atoms with Crippen molar-refractivity contribution < 1.29 is 18.7 Å². The van der Waals surface area contributed by atoms with Gasteiger partial charge in [0.2, 0.25) is 5.91 Å². The SMILES string of the molecule is O=C1CC(C(=O)N2CCc3oc(Cc4ccccc4)nc3C2)C2(CCCC2)O1. The highest BCUT2D eigenvalue weighted by atomic mass is 16.6. The lowest BCUT2D eigenvalue weighted by Gasteiger charge is -2.33. The maximum absolute atomic E-state index is 13.3. The van der Waals surface area contributed by atoms with Crippen LogP contribution in [0.2, 0.25) is 0 Å². The summed E-state index contributed by atoms with van der Waals surface area (Å²) in [4.78, 5) is 31.7. The van der Waals surface area contributed by atoms with E-state index in [2.05, 4.69) is 17.1 Å². The van der Waals surface area contributed by atoms with Crippen LogP contribution in [0.4, 0.5) is 0 Å². The minimum Gasteiger partial charge on any atom is -0.458 e. The summed E-state index contributed by atoms with van der Waals surface area (Å²) in [6.07, 6.45) is 5.17. The Hall–Kier alpha value is -2.63. The van der Waals surface area contributed by atoms with Crippen LogP contribution in [0.1, 0.15) is 55.0 Å². The van der Waals surface area contributed by atoms with E-state index in [1.165, 1.54) is 0 Å². The van der Waals surface area contributed by atoms with E-state index in [0.717, 1.165) is 42.7 Å². The molecule has 2 fully saturated rings. The van der Waals surface area contributed by atoms with Gasteiger partial charge in [-0.2, -0.15) is 0 Å². The quantitative estimate of drug-likeness (QED) is 0.766. The molecule has 1 atom stereocenters. The number of fused-ring (bicyclic) bond motifs is 1. The molecule has 5 rings (SSSR count). The van der Waals surface area contributed by atoms with Gasteiger partial charge < -0.3 is 14.1 Å². The largest absolute Gasteiger partial charge is 0.458 e. The molecule has 1 aliphatic carbocycles. The summed E-state index contributed by atoms with van der Waals surface area (Å²) in [5.41, 5.74) is 1.44. The maximum Gasteiger partial charge on any atom is 0.307 e. The molecule has 1 saturated carbocycles. The average molecular weight is 380 g/mol. The van der Waals surface area contributed by atoms with E-state index in [1.807, 2.05) is 23.1 Å². The van der Waals surface area contributed by atoms with Crippen LogP contribution >= 0.6 is 0 Å². The molecule has 6 heteroatoms. The number of nitrogens with zero attached hydrogens (tertiary/aromatic N) is 2. The Labute approximate surface area is 163 Å². The van der Waals surface area contributed by atoms with Crippen molar-refractivity contribution in [1.29, 1.82) is 0 Å². The Morgan fingerprint density at radius 2 is 2.00 bits per heavy atom. The number of carbonyl (C=O) groups is 2. The molecule has 6 nitrogen and oxygen atoms in total. The second kappa shape index (κ2) is 6.76. The van der Waals surface area contributed by atoms with Crippen molar-refractivity contribution in [3.63, 3.8) is 0 Å². The Morgan fingerprint density at radius 1 is 1.21 bits per heavy atom. The van der Waals surface area contributed by atoms with Gasteiger partial charge >= 0.3 is 5.97 Å². The minimum atomic E-state index is -0.559. The normalized spacial score (nSPS) is 23.1. The predicted octanol–water partition coefficient (Wildman–Crippen LogP) is 3.03. The molecule has 1 amide bonds. The lowest BCUT2D eigenvalue weighted by atomic mass is 9.84. The van der Waals surface area contributed by atoms with Crippen molar-refractivity contribution in [3.8, 4) is 0 Å². The highest BCUT2D eigenvalue weighted by Crippen LogP contribution is 2.46. The molecule has 0 bridgehead atoms. The fourth-order valence-corrected chi connectivity index (χ4v) is 4.94. The lowest BCUT2D eigenvalue weighted by molar-refractivity contribution is -0.152. The fourth-order valence-electron chi connectivity index (χ4n) is 4.94. The van der Waals surface area contributed by atoms with Crippen molar-refractivity contribution in [3.05, 3.63) is 53.2 Å². The number of aromatic nitrogens is 1. The van der Waals surface area contributed by atoms with E-state index >= 15 is 0 Å². The summed E-state index contributed by atoms with van der Waals surface area (Å²) in [7, 11) is 0. The minimum absolute atomic E-state index is 0.0333. The van der Waals surface area contributed by atoms with Crippen molar-refractivity contribution in [2.24, 2.45) is 5.92 Å². The summed E-state index contributed by atoms with van der Waals surface area (Å²) < 4.78 is 11.6. The van der Waals surface area contributed by atoms with Gasteiger partial charge in [0.05, 0.1) is 18.9 Å². The molecule has 1 saturated heterocycles. The summed E-state index contributed by atoms with van der Waals surface area (Å²) in [5.74, 6) is 1.02. The monoisotopic (exact) mass is 380 g/mol. The third-order valence-electron chi connectivity index (χ3n) is 6.35. The van der Waals surface area contributed by atoms with Crippen LogP contribution in [0, 0.1) is 5.92 Å². The second-order valence-corrected chi connectivity index (χ2v) is 8.15. The van der Waals surface area contributed by atoms with Gasteiger partial charge in [-0.1, -0.05) is 30.3 Å². The second-order valence-electron chi connectivity index (χ2n) is 8.15. The number of hydrogen-bond donors (Lipinski definition) is 0. The molecular weight excluding hydrogens is 356 g/mol. The number of oxazole rings is 1. The first-order valence-electron chi connectivity index (χ1n) is 10.1. The van der Waals surface area contributed by atoms with Crippen LogP contribution in [0.15, 0.2) is 34.7 Å². The molecule has 1 unspecified atom stereocenters. The molecule has 28 heavy (non-hydrogen) atoms. The van der Waals surface area contributed by atoms with Gasteiger partial charge in [-0.3, -0.25) is 9.59 Å². The van der Waals surface area contributed by atoms with Crippen LogP contribution in [-0.4, -0.2) is 33.9 Å². The van der Waals surface area contributed by atoms with Crippen LogP contribution in [0.25, 0.3) is 0 Å². The predicted molar refractivity (Wildman–Crippen MR) is 100 cm³/mol. The molecule has 1 aromatic carbocycles. The molecule has 1 spiro atoms. The van der Waals surface area contributed by atoms with Crippen LogP contribution in [0.5, 0.6) is 0 Å². The molecule has 2 aromatic rings. The highest BCUT2D eigenvalue weighted by molar-refractivity contribution is 5.88. The molecule has 2 aliphatic heterocycles. The standard InChI is InChI=1S/C22H24N2O4/c25-20-13-16(22(28-20)9-4-5-10-22)21(26)24-11-8-18-17(14-24)23-19(27-18)12-15-6-2-1-3-7-15/h1-3,6-7,16H,4-5,8-14H2. The van der Waals surface area contributed by atoms with Gasteiger partial charge in [0, 0.05) is 19.4 Å². The Balaban J connectivity index is 1.31. The Morgan fingerprint density at radius 3 is 2.79 bits per heavy atom. The topological polar surface area (TPSA) is 72.6 Å². The van der Waals surface area contributed by atoms with Crippen molar-refractivity contribution in [1.82, 2.24) is 9.88 Å². The molecule has 3 aliphatic rings. The van der Waals surface area contributed by atoms with Crippen LogP contribution in [0.3, 0.4) is 0 Å². The number of benzene rings is 1. The van der Waals surface area contributed by atoms with E-state index < -0.39 is 5.60 Å². The summed E-state index contributed by atoms with van der Waals surface area (Å²) >= 11 is 0. The molecule has 1 aromatic heterocycles. The lowest BCUT2D eigenvalue weighted by Crippen LogP contribution is -2.46. The van der Waals surface area contributed by atoms with Gasteiger partial charge in [0.25, 0.3) is 0 Å². The first-order chi connectivity index (χ1) is 13.6. The zero-order valence-corrected chi connectivity index (χ0v) is 15.9. The summed E-state index contributed by atoms with van der Waals surface area (Å²) in [6, 6.07) is 10.1. The fraction of sp³-hybridized carbons (Fsp3) is 0.500. The third-order valence-corrected chi connectivity index (χ3v) is 6.35. The number of rotatable bonds is 3. The highest BCUT2D eigenvalue weighted by Gasteiger charge is 2.55. The first-order valence-corrected chi connectivity index (χ1v) is 10.1. The van der Waals surface area contributed by atoms with Gasteiger partial charge in [-0.15, -0.1) is 0 Å². The Kier molecular flexibility index (Phi) is 4.22. The number of ether oxygens (including phenoxy) is 1. The van der Waals surface area contributed by atoms with Crippen LogP contribution in [-0.2, 0) is 33.7 Å². The van der Waals surface area contributed by atoms with Crippen LogP contribution < -0.4 is 0 Å². The molecule has 3 heterocycles. The van der Waals surface area contributed by atoms with E-state index in [-0.39, 0.29) is 24.2 Å². The number of amides is 1. The van der Waals surface area contributed by atoms with Crippen molar-refractivity contribution in [2.75, 3.05) is 6.54 Å².